The lowest BCUT2D eigenvalue weighted by atomic mass is 10.1. The van der Waals surface area contributed by atoms with E-state index in [4.69, 9.17) is 9.72 Å². The van der Waals surface area contributed by atoms with E-state index < -0.39 is 15.8 Å². The summed E-state index contributed by atoms with van der Waals surface area (Å²) in [7, 11) is -2.13. The van der Waals surface area contributed by atoms with Crippen LogP contribution in [0.4, 0.5) is 10.3 Å². The van der Waals surface area contributed by atoms with Crippen LogP contribution in [0.3, 0.4) is 0 Å². The minimum atomic E-state index is -3.75. The van der Waals surface area contributed by atoms with E-state index in [1.54, 1.807) is 19.4 Å². The molecule has 0 bridgehead atoms. The number of benzene rings is 2. The number of halogens is 1. The summed E-state index contributed by atoms with van der Waals surface area (Å²) < 4.78 is 47.6. The Morgan fingerprint density at radius 1 is 1.08 bits per heavy atom. The fourth-order valence-electron chi connectivity index (χ4n) is 3.63. The van der Waals surface area contributed by atoms with Gasteiger partial charge in [0.15, 0.2) is 4.96 Å². The molecule has 0 fully saturated rings. The van der Waals surface area contributed by atoms with Crippen LogP contribution in [0, 0.1) is 5.82 Å². The van der Waals surface area contributed by atoms with Crippen LogP contribution in [0.15, 0.2) is 77.3 Å². The van der Waals surface area contributed by atoms with Crippen molar-refractivity contribution in [1.29, 1.82) is 0 Å². The Bertz CT molecular complexity index is 1620. The number of nitrogens with one attached hydrogen (secondary N) is 2. The zero-order chi connectivity index (χ0) is 25.1. The number of aromatic nitrogens is 4. The molecule has 3 aromatic heterocycles. The summed E-state index contributed by atoms with van der Waals surface area (Å²) in [6.07, 6.45) is 3.57. The third kappa shape index (κ3) is 4.91. The molecule has 12 heteroatoms. The average Bonchev–Trinajstić information content (AvgIpc) is 3.49. The van der Waals surface area contributed by atoms with Crippen LogP contribution in [0.25, 0.3) is 27.6 Å². The molecule has 36 heavy (non-hydrogen) atoms. The predicted octanol–water partition coefficient (Wildman–Crippen LogP) is 4.06. The van der Waals surface area contributed by atoms with Gasteiger partial charge in [-0.1, -0.05) is 12.1 Å². The van der Waals surface area contributed by atoms with Crippen molar-refractivity contribution >= 4 is 32.3 Å². The maximum absolute atomic E-state index is 13.1. The number of fused-ring (bicyclic) bond motifs is 1. The van der Waals surface area contributed by atoms with Crippen molar-refractivity contribution in [3.8, 4) is 28.4 Å². The second kappa shape index (κ2) is 10.0. The van der Waals surface area contributed by atoms with Crippen molar-refractivity contribution in [2.24, 2.45) is 0 Å². The summed E-state index contributed by atoms with van der Waals surface area (Å²) >= 11 is 1.52. The number of imidazole rings is 1. The van der Waals surface area contributed by atoms with Gasteiger partial charge < -0.3 is 10.1 Å². The molecule has 0 saturated heterocycles. The zero-order valence-electron chi connectivity index (χ0n) is 19.1. The molecule has 0 aliphatic rings. The van der Waals surface area contributed by atoms with Gasteiger partial charge in [-0.15, -0.1) is 11.3 Å². The van der Waals surface area contributed by atoms with Gasteiger partial charge in [0, 0.05) is 36.4 Å². The van der Waals surface area contributed by atoms with Crippen LogP contribution in [0.5, 0.6) is 5.75 Å². The van der Waals surface area contributed by atoms with Crippen LogP contribution in [-0.4, -0.2) is 48.0 Å². The van der Waals surface area contributed by atoms with E-state index in [0.29, 0.717) is 11.6 Å². The van der Waals surface area contributed by atoms with Crippen molar-refractivity contribution in [2.75, 3.05) is 25.5 Å². The van der Waals surface area contributed by atoms with Crippen molar-refractivity contribution in [1.82, 2.24) is 24.1 Å². The van der Waals surface area contributed by atoms with Gasteiger partial charge in [-0.25, -0.2) is 32.5 Å². The first kappa shape index (κ1) is 23.9. The minimum Gasteiger partial charge on any atom is -0.497 e. The van der Waals surface area contributed by atoms with Crippen molar-refractivity contribution in [2.45, 2.75) is 4.90 Å². The van der Waals surface area contributed by atoms with Crippen molar-refractivity contribution in [3.63, 3.8) is 0 Å². The molecule has 184 valence electrons. The van der Waals surface area contributed by atoms with Crippen molar-refractivity contribution in [3.05, 3.63) is 78.2 Å². The van der Waals surface area contributed by atoms with E-state index in [1.807, 2.05) is 40.2 Å². The van der Waals surface area contributed by atoms with Gasteiger partial charge in [0.25, 0.3) is 0 Å². The molecule has 9 nitrogen and oxygen atoms in total. The molecule has 0 amide bonds. The SMILES string of the molecule is COc1cccc(-c2nc3sccn3c2-c2ccnc(NCCNS(=O)(=O)c3ccc(F)cc3)n2)c1. The third-order valence-electron chi connectivity index (χ3n) is 5.33. The molecule has 2 aromatic carbocycles. The number of methoxy groups -OCH3 is 1. The van der Waals surface area contributed by atoms with Gasteiger partial charge in [-0.3, -0.25) is 4.40 Å². The highest BCUT2D eigenvalue weighted by molar-refractivity contribution is 7.89. The fraction of sp³-hybridized carbons (Fsp3) is 0.125. The number of nitrogens with zero attached hydrogens (tertiary/aromatic N) is 4. The average molecular weight is 525 g/mol. The molecular formula is C24H21FN6O3S2. The molecule has 0 aliphatic carbocycles. The number of anilines is 1. The summed E-state index contributed by atoms with van der Waals surface area (Å²) in [5.41, 5.74) is 3.12. The van der Waals surface area contributed by atoms with Crippen molar-refractivity contribution < 1.29 is 17.5 Å². The quantitative estimate of drug-likeness (QED) is 0.280. The maximum atomic E-state index is 13.1. The second-order valence-corrected chi connectivity index (χ2v) is 10.3. The first-order chi connectivity index (χ1) is 17.4. The Kier molecular flexibility index (Phi) is 6.63. The molecule has 0 radical (unpaired) electrons. The summed E-state index contributed by atoms with van der Waals surface area (Å²) in [6.45, 7) is 0.330. The standard InChI is InChI=1S/C24H21FN6O3S2/c1-34-18-4-2-3-16(15-18)21-22(31-13-14-35-24(31)30-21)20-9-10-26-23(29-20)27-11-12-28-36(32,33)19-7-5-17(25)6-8-19/h2-10,13-15,28H,11-12H2,1H3,(H,26,27,29). The van der Waals surface area contributed by atoms with Gasteiger partial charge >= 0.3 is 0 Å². The maximum Gasteiger partial charge on any atom is 0.240 e. The minimum absolute atomic E-state index is 0.00673. The van der Waals surface area contributed by atoms with Gasteiger partial charge in [-0.05, 0) is 42.5 Å². The predicted molar refractivity (Wildman–Crippen MR) is 136 cm³/mol. The fourth-order valence-corrected chi connectivity index (χ4v) is 5.38. The highest BCUT2D eigenvalue weighted by Crippen LogP contribution is 2.34. The van der Waals surface area contributed by atoms with E-state index in [0.717, 1.165) is 39.8 Å². The number of hydrogen-bond acceptors (Lipinski definition) is 8. The van der Waals surface area contributed by atoms with Gasteiger partial charge in [0.2, 0.25) is 16.0 Å². The van der Waals surface area contributed by atoms with Crippen LogP contribution in [-0.2, 0) is 10.0 Å². The van der Waals surface area contributed by atoms with E-state index >= 15 is 0 Å². The molecule has 5 aromatic rings. The van der Waals surface area contributed by atoms with E-state index in [2.05, 4.69) is 20.0 Å². The molecule has 0 unspecified atom stereocenters. The Balaban J connectivity index is 1.35. The van der Waals surface area contributed by atoms with Crippen LogP contribution in [0.2, 0.25) is 0 Å². The Hall–Kier alpha value is -3.87. The topological polar surface area (TPSA) is 111 Å². The van der Waals surface area contributed by atoms with Crippen LogP contribution >= 0.6 is 11.3 Å². The number of thiazole rings is 1. The summed E-state index contributed by atoms with van der Waals surface area (Å²) in [5, 5.41) is 5.00. The summed E-state index contributed by atoms with van der Waals surface area (Å²) in [4.78, 5) is 14.5. The number of ether oxygens (including phenoxy) is 1. The van der Waals surface area contributed by atoms with Crippen LogP contribution in [0.1, 0.15) is 0 Å². The first-order valence-corrected chi connectivity index (χ1v) is 13.2. The Morgan fingerprint density at radius 2 is 1.92 bits per heavy atom. The second-order valence-electron chi connectivity index (χ2n) is 7.64. The summed E-state index contributed by atoms with van der Waals surface area (Å²) in [5.74, 6) is 0.568. The van der Waals surface area contributed by atoms with Gasteiger partial charge in [0.1, 0.15) is 17.3 Å². The molecule has 0 atom stereocenters. The van der Waals surface area contributed by atoms with E-state index in [-0.39, 0.29) is 18.0 Å². The number of sulfonamides is 1. The molecular weight excluding hydrogens is 503 g/mol. The molecule has 2 N–H and O–H groups in total. The Labute approximate surface area is 210 Å². The van der Waals surface area contributed by atoms with Gasteiger partial charge in [0.05, 0.1) is 23.4 Å². The lowest BCUT2D eigenvalue weighted by molar-refractivity contribution is 0.415. The van der Waals surface area contributed by atoms with E-state index in [1.165, 1.54) is 23.5 Å². The molecule has 3 heterocycles. The smallest absolute Gasteiger partial charge is 0.240 e. The monoisotopic (exact) mass is 524 g/mol. The molecule has 0 aliphatic heterocycles. The molecule has 0 saturated carbocycles. The molecule has 0 spiro atoms. The largest absolute Gasteiger partial charge is 0.497 e. The normalized spacial score (nSPS) is 11.6. The lowest BCUT2D eigenvalue weighted by Gasteiger charge is -2.10. The Morgan fingerprint density at radius 3 is 2.72 bits per heavy atom. The third-order valence-corrected chi connectivity index (χ3v) is 7.56. The summed E-state index contributed by atoms with van der Waals surface area (Å²) in [6, 6.07) is 14.1. The molecule has 5 rings (SSSR count). The van der Waals surface area contributed by atoms with Gasteiger partial charge in [-0.2, -0.15) is 0 Å². The zero-order valence-corrected chi connectivity index (χ0v) is 20.7. The lowest BCUT2D eigenvalue weighted by Crippen LogP contribution is -2.29. The van der Waals surface area contributed by atoms with E-state index in [9.17, 15) is 12.8 Å². The highest BCUT2D eigenvalue weighted by atomic mass is 32.2. The number of hydrogen-bond donors (Lipinski definition) is 2. The number of rotatable bonds is 9. The highest BCUT2D eigenvalue weighted by Gasteiger charge is 2.19. The first-order valence-electron chi connectivity index (χ1n) is 10.9. The van der Waals surface area contributed by atoms with Crippen LogP contribution < -0.4 is 14.8 Å².